The third-order valence-electron chi connectivity index (χ3n) is 2.89. The van der Waals surface area contributed by atoms with Crippen molar-refractivity contribution >= 4 is 15.9 Å². The second kappa shape index (κ2) is 6.23. The van der Waals surface area contributed by atoms with Crippen LogP contribution < -0.4 is 11.3 Å². The van der Waals surface area contributed by atoms with E-state index < -0.39 is 0 Å². The van der Waals surface area contributed by atoms with Crippen molar-refractivity contribution in [3.63, 3.8) is 0 Å². The van der Waals surface area contributed by atoms with Crippen molar-refractivity contribution < 1.29 is 8.78 Å². The van der Waals surface area contributed by atoms with Gasteiger partial charge < -0.3 is 0 Å². The maximum atomic E-state index is 13.8. The molecule has 0 amide bonds. The Hall–Kier alpha value is -1.30. The van der Waals surface area contributed by atoms with Crippen LogP contribution in [0.1, 0.15) is 17.2 Å². The molecule has 0 aliphatic carbocycles. The van der Waals surface area contributed by atoms with Crippen molar-refractivity contribution in [2.45, 2.75) is 12.5 Å². The minimum Gasteiger partial charge on any atom is -0.271 e. The van der Waals surface area contributed by atoms with Gasteiger partial charge in [-0.15, -0.1) is 0 Å². The van der Waals surface area contributed by atoms with Crippen LogP contribution in [-0.4, -0.2) is 0 Å². The number of nitrogens with two attached hydrogens (primary N) is 1. The third-order valence-corrected chi connectivity index (χ3v) is 3.38. The molecule has 0 saturated heterocycles. The summed E-state index contributed by atoms with van der Waals surface area (Å²) in [6.45, 7) is 0. The number of benzene rings is 2. The molecule has 1 atom stereocenters. The van der Waals surface area contributed by atoms with Gasteiger partial charge in [-0.2, -0.15) is 0 Å². The molecule has 0 heterocycles. The van der Waals surface area contributed by atoms with Crippen molar-refractivity contribution in [1.29, 1.82) is 0 Å². The molecule has 0 fully saturated rings. The van der Waals surface area contributed by atoms with E-state index in [1.165, 1.54) is 18.2 Å². The molecular weight excluding hydrogens is 314 g/mol. The Morgan fingerprint density at radius 2 is 1.79 bits per heavy atom. The van der Waals surface area contributed by atoms with Crippen molar-refractivity contribution in [3.8, 4) is 0 Å². The molecule has 0 aromatic heterocycles. The van der Waals surface area contributed by atoms with E-state index >= 15 is 0 Å². The van der Waals surface area contributed by atoms with Gasteiger partial charge in [0.15, 0.2) is 0 Å². The number of hydrogen-bond donors (Lipinski definition) is 2. The lowest BCUT2D eigenvalue weighted by Gasteiger charge is -2.17. The highest BCUT2D eigenvalue weighted by molar-refractivity contribution is 9.10. The van der Waals surface area contributed by atoms with E-state index in [2.05, 4.69) is 21.4 Å². The fourth-order valence-electron chi connectivity index (χ4n) is 1.90. The minimum atomic E-state index is -0.372. The molecule has 2 nitrogen and oxygen atoms in total. The molecule has 0 bridgehead atoms. The second-order valence-electron chi connectivity index (χ2n) is 4.22. The Bertz CT molecular complexity index is 558. The van der Waals surface area contributed by atoms with Gasteiger partial charge in [-0.3, -0.25) is 11.3 Å². The first-order valence-electron chi connectivity index (χ1n) is 5.75. The largest absolute Gasteiger partial charge is 0.271 e. The predicted octanol–water partition coefficient (Wildman–Crippen LogP) is 3.47. The van der Waals surface area contributed by atoms with Crippen molar-refractivity contribution in [2.75, 3.05) is 0 Å². The maximum Gasteiger partial charge on any atom is 0.128 e. The Morgan fingerprint density at radius 1 is 1.11 bits per heavy atom. The quantitative estimate of drug-likeness (QED) is 0.667. The molecule has 0 aliphatic heterocycles. The van der Waals surface area contributed by atoms with E-state index in [1.54, 1.807) is 24.3 Å². The van der Waals surface area contributed by atoms with Crippen LogP contribution in [-0.2, 0) is 6.42 Å². The zero-order chi connectivity index (χ0) is 13.8. The van der Waals surface area contributed by atoms with Gasteiger partial charge in [0.05, 0.1) is 6.04 Å². The lowest BCUT2D eigenvalue weighted by Crippen LogP contribution is -2.30. The first kappa shape index (κ1) is 14.1. The lowest BCUT2D eigenvalue weighted by molar-refractivity contribution is 0.510. The van der Waals surface area contributed by atoms with E-state index in [0.717, 1.165) is 10.0 Å². The van der Waals surface area contributed by atoms with Crippen molar-refractivity contribution in [2.24, 2.45) is 5.84 Å². The van der Waals surface area contributed by atoms with Crippen LogP contribution in [0.2, 0.25) is 0 Å². The average molecular weight is 327 g/mol. The number of hydrazine groups is 1. The smallest absolute Gasteiger partial charge is 0.128 e. The molecular formula is C14H13BrF2N2. The van der Waals surface area contributed by atoms with Gasteiger partial charge in [0.2, 0.25) is 0 Å². The molecule has 1 unspecified atom stereocenters. The summed E-state index contributed by atoms with van der Waals surface area (Å²) in [7, 11) is 0. The maximum absolute atomic E-state index is 13.8. The zero-order valence-electron chi connectivity index (χ0n) is 10.0. The summed E-state index contributed by atoms with van der Waals surface area (Å²) in [5, 5.41) is 0. The summed E-state index contributed by atoms with van der Waals surface area (Å²) in [5.41, 5.74) is 3.95. The van der Waals surface area contributed by atoms with Gasteiger partial charge in [-0.25, -0.2) is 8.78 Å². The number of halogens is 3. The molecule has 2 aromatic rings. The van der Waals surface area contributed by atoms with Crippen molar-refractivity contribution in [1.82, 2.24) is 5.43 Å². The highest BCUT2D eigenvalue weighted by Crippen LogP contribution is 2.24. The van der Waals surface area contributed by atoms with Crippen LogP contribution in [0.3, 0.4) is 0 Å². The highest BCUT2D eigenvalue weighted by Gasteiger charge is 2.15. The number of hydrogen-bond acceptors (Lipinski definition) is 2. The summed E-state index contributed by atoms with van der Waals surface area (Å²) in [5.74, 6) is 4.87. The molecule has 19 heavy (non-hydrogen) atoms. The van der Waals surface area contributed by atoms with E-state index in [9.17, 15) is 8.78 Å². The molecule has 3 N–H and O–H groups in total. The molecule has 2 rings (SSSR count). The van der Waals surface area contributed by atoms with Crippen LogP contribution in [0.25, 0.3) is 0 Å². The molecule has 5 heteroatoms. The van der Waals surface area contributed by atoms with E-state index in [-0.39, 0.29) is 17.7 Å². The van der Waals surface area contributed by atoms with E-state index in [1.807, 2.05) is 0 Å². The Balaban J connectivity index is 2.24. The van der Waals surface area contributed by atoms with Crippen LogP contribution in [0, 0.1) is 11.6 Å². The van der Waals surface area contributed by atoms with Crippen molar-refractivity contribution in [3.05, 3.63) is 69.7 Å². The van der Waals surface area contributed by atoms with E-state index in [4.69, 9.17) is 5.84 Å². The van der Waals surface area contributed by atoms with Gasteiger partial charge in [-0.1, -0.05) is 28.1 Å². The molecule has 0 aliphatic rings. The summed E-state index contributed by atoms with van der Waals surface area (Å²) in [4.78, 5) is 0. The van der Waals surface area contributed by atoms with Gasteiger partial charge >= 0.3 is 0 Å². The van der Waals surface area contributed by atoms with Crippen LogP contribution >= 0.6 is 15.9 Å². The van der Waals surface area contributed by atoms with Gasteiger partial charge in [0.25, 0.3) is 0 Å². The molecule has 0 saturated carbocycles. The number of nitrogens with one attached hydrogen (secondary N) is 1. The van der Waals surface area contributed by atoms with Crippen LogP contribution in [0.4, 0.5) is 8.78 Å². The van der Waals surface area contributed by atoms with Crippen LogP contribution in [0.15, 0.2) is 46.9 Å². The summed E-state index contributed by atoms with van der Waals surface area (Å²) >= 11 is 3.30. The Kier molecular flexibility index (Phi) is 4.63. The van der Waals surface area contributed by atoms with Gasteiger partial charge in [0.1, 0.15) is 11.6 Å². The summed E-state index contributed by atoms with van der Waals surface area (Å²) in [6.07, 6.45) is 0.476. The zero-order valence-corrected chi connectivity index (χ0v) is 11.6. The lowest BCUT2D eigenvalue weighted by atomic mass is 9.99. The Labute approximate surface area is 118 Å². The summed E-state index contributed by atoms with van der Waals surface area (Å²) in [6, 6.07) is 10.4. The van der Waals surface area contributed by atoms with Gasteiger partial charge in [-0.05, 0) is 42.3 Å². The Morgan fingerprint density at radius 3 is 2.42 bits per heavy atom. The second-order valence-corrected chi connectivity index (χ2v) is 5.13. The SMILES string of the molecule is NNC(Cc1ccc(F)cc1)c1cc(Br)ccc1F. The normalized spacial score (nSPS) is 12.4. The first-order chi connectivity index (χ1) is 9.10. The number of rotatable bonds is 4. The fraction of sp³-hybridized carbons (Fsp3) is 0.143. The molecule has 2 aromatic carbocycles. The first-order valence-corrected chi connectivity index (χ1v) is 6.55. The summed E-state index contributed by atoms with van der Waals surface area (Å²) < 4.78 is 27.4. The molecule has 100 valence electrons. The molecule has 0 radical (unpaired) electrons. The minimum absolute atomic E-state index is 0.297. The van der Waals surface area contributed by atoms with Gasteiger partial charge in [0, 0.05) is 10.0 Å². The third kappa shape index (κ3) is 3.59. The monoisotopic (exact) mass is 326 g/mol. The highest BCUT2D eigenvalue weighted by atomic mass is 79.9. The predicted molar refractivity (Wildman–Crippen MR) is 74.3 cm³/mol. The van der Waals surface area contributed by atoms with Crippen LogP contribution in [0.5, 0.6) is 0 Å². The fourth-order valence-corrected chi connectivity index (χ4v) is 2.28. The average Bonchev–Trinajstić information content (AvgIpc) is 2.41. The topological polar surface area (TPSA) is 38.0 Å². The standard InChI is InChI=1S/C14H13BrF2N2/c15-10-3-6-13(17)12(8-10)14(19-18)7-9-1-4-11(16)5-2-9/h1-6,8,14,19H,7,18H2. The van der Waals surface area contributed by atoms with E-state index in [0.29, 0.717) is 12.0 Å². The molecule has 0 spiro atoms.